The van der Waals surface area contributed by atoms with E-state index >= 15 is 0 Å². The van der Waals surface area contributed by atoms with Crippen LogP contribution in [0, 0.1) is 5.82 Å². The fourth-order valence-corrected chi connectivity index (χ4v) is 3.15. The molecule has 0 aromatic carbocycles. The number of rotatable bonds is 4. The van der Waals surface area contributed by atoms with Crippen LogP contribution in [0.4, 0.5) is 4.39 Å². The number of halogens is 1. The molecule has 1 atom stereocenters. The van der Waals surface area contributed by atoms with Gasteiger partial charge in [0.05, 0.1) is 12.2 Å². The topological polar surface area (TPSA) is 49.3 Å². The molecule has 0 spiro atoms. The molecule has 104 valence electrons. The van der Waals surface area contributed by atoms with E-state index in [9.17, 15) is 4.39 Å². The molecule has 1 unspecified atom stereocenters. The minimum Gasteiger partial charge on any atom is -0.355 e. The molecule has 0 saturated carbocycles. The Morgan fingerprint density at radius 2 is 2.47 bits per heavy atom. The van der Waals surface area contributed by atoms with Crippen molar-refractivity contribution in [2.75, 3.05) is 19.3 Å². The molecule has 1 aromatic rings. The third-order valence-electron chi connectivity index (χ3n) is 3.00. The molecule has 4 nitrogen and oxygen atoms in total. The Morgan fingerprint density at radius 3 is 3.16 bits per heavy atom. The lowest BCUT2D eigenvalue weighted by molar-refractivity contribution is 0.592. The van der Waals surface area contributed by atoms with Crippen LogP contribution >= 0.6 is 11.8 Å². The maximum absolute atomic E-state index is 13.4. The van der Waals surface area contributed by atoms with Crippen molar-refractivity contribution in [3.63, 3.8) is 0 Å². The summed E-state index contributed by atoms with van der Waals surface area (Å²) in [6, 6.07) is 3.00. The number of hydrogen-bond acceptors (Lipinski definition) is 3. The van der Waals surface area contributed by atoms with Gasteiger partial charge in [0.15, 0.2) is 5.96 Å². The minimum absolute atomic E-state index is 0.295. The van der Waals surface area contributed by atoms with Crippen LogP contribution in [0.25, 0.3) is 0 Å². The molecular formula is C13H19FN4S. The summed E-state index contributed by atoms with van der Waals surface area (Å²) < 4.78 is 13.4. The largest absolute Gasteiger partial charge is 0.355 e. The Bertz CT molecular complexity index is 432. The van der Waals surface area contributed by atoms with Gasteiger partial charge in [-0.05, 0) is 30.7 Å². The Kier molecular flexibility index (Phi) is 5.44. The van der Waals surface area contributed by atoms with E-state index < -0.39 is 0 Å². The van der Waals surface area contributed by atoms with E-state index in [1.54, 1.807) is 19.3 Å². The van der Waals surface area contributed by atoms with E-state index in [1.165, 1.54) is 24.7 Å². The number of thioether (sulfide) groups is 1. The van der Waals surface area contributed by atoms with Crippen molar-refractivity contribution < 1.29 is 4.39 Å². The predicted molar refractivity (Wildman–Crippen MR) is 77.9 cm³/mol. The van der Waals surface area contributed by atoms with Gasteiger partial charge in [0, 0.05) is 25.0 Å². The van der Waals surface area contributed by atoms with Gasteiger partial charge in [0.25, 0.3) is 0 Å². The van der Waals surface area contributed by atoms with E-state index in [0.717, 1.165) is 6.54 Å². The van der Waals surface area contributed by atoms with Gasteiger partial charge in [-0.25, -0.2) is 4.39 Å². The van der Waals surface area contributed by atoms with Gasteiger partial charge < -0.3 is 10.6 Å². The van der Waals surface area contributed by atoms with Crippen molar-refractivity contribution in [1.82, 2.24) is 15.6 Å². The Morgan fingerprint density at radius 1 is 1.58 bits per heavy atom. The summed E-state index contributed by atoms with van der Waals surface area (Å²) in [5.74, 6) is 1.65. The normalized spacial score (nSPS) is 19.5. The van der Waals surface area contributed by atoms with Gasteiger partial charge in [0.1, 0.15) is 5.82 Å². The first-order valence-electron chi connectivity index (χ1n) is 6.45. The van der Waals surface area contributed by atoms with Gasteiger partial charge in [-0.15, -0.1) is 0 Å². The molecule has 1 saturated heterocycles. The highest BCUT2D eigenvalue weighted by Crippen LogP contribution is 2.25. The lowest BCUT2D eigenvalue weighted by atomic mass is 10.2. The molecule has 0 bridgehead atoms. The monoisotopic (exact) mass is 282 g/mol. The second-order valence-electron chi connectivity index (χ2n) is 4.37. The third-order valence-corrected chi connectivity index (χ3v) is 4.40. The van der Waals surface area contributed by atoms with Gasteiger partial charge in [0.2, 0.25) is 0 Å². The Labute approximate surface area is 117 Å². The second-order valence-corrected chi connectivity index (χ2v) is 5.78. The quantitative estimate of drug-likeness (QED) is 0.653. The molecule has 2 heterocycles. The number of hydrogen-bond donors (Lipinski definition) is 2. The van der Waals surface area contributed by atoms with Gasteiger partial charge in [-0.1, -0.05) is 0 Å². The number of aromatic nitrogens is 1. The van der Waals surface area contributed by atoms with Crippen LogP contribution in [0.2, 0.25) is 0 Å². The van der Waals surface area contributed by atoms with Crippen molar-refractivity contribution in [2.45, 2.75) is 24.6 Å². The maximum atomic E-state index is 13.4. The average molecular weight is 282 g/mol. The van der Waals surface area contributed by atoms with Gasteiger partial charge in [-0.3, -0.25) is 9.98 Å². The van der Waals surface area contributed by atoms with E-state index in [0.29, 0.717) is 23.4 Å². The number of nitrogens with zero attached hydrogens (tertiary/aromatic N) is 2. The third kappa shape index (κ3) is 4.38. The predicted octanol–water partition coefficient (Wildman–Crippen LogP) is 1.78. The van der Waals surface area contributed by atoms with Crippen LogP contribution in [0.3, 0.4) is 0 Å². The molecule has 2 rings (SSSR count). The standard InChI is InChI=1S/C13H19FN4S/c1-15-13(17-8-10-4-3-7-19-10)18-9-12-11(14)5-2-6-16-12/h2,5-6,10H,3-4,7-9H2,1H3,(H2,15,17,18). The molecule has 19 heavy (non-hydrogen) atoms. The van der Waals surface area contributed by atoms with Crippen molar-refractivity contribution in [3.8, 4) is 0 Å². The van der Waals surface area contributed by atoms with E-state index in [-0.39, 0.29) is 5.82 Å². The Hall–Kier alpha value is -1.30. The van der Waals surface area contributed by atoms with Crippen LogP contribution in [-0.2, 0) is 6.54 Å². The van der Waals surface area contributed by atoms with Crippen LogP contribution in [0.1, 0.15) is 18.5 Å². The van der Waals surface area contributed by atoms with Gasteiger partial charge in [-0.2, -0.15) is 11.8 Å². The van der Waals surface area contributed by atoms with Crippen LogP contribution in [-0.4, -0.2) is 35.5 Å². The molecule has 2 N–H and O–H groups in total. The van der Waals surface area contributed by atoms with Crippen molar-refractivity contribution in [3.05, 3.63) is 29.8 Å². The molecule has 1 aliphatic rings. The van der Waals surface area contributed by atoms with Crippen molar-refractivity contribution in [2.24, 2.45) is 4.99 Å². The van der Waals surface area contributed by atoms with Crippen LogP contribution < -0.4 is 10.6 Å². The SMILES string of the molecule is CN=C(NCc1ncccc1F)NCC1CCCS1. The fraction of sp³-hybridized carbons (Fsp3) is 0.538. The number of guanidine groups is 1. The summed E-state index contributed by atoms with van der Waals surface area (Å²) in [6.07, 6.45) is 4.14. The summed E-state index contributed by atoms with van der Waals surface area (Å²) >= 11 is 1.99. The van der Waals surface area contributed by atoms with E-state index in [4.69, 9.17) is 0 Å². The average Bonchev–Trinajstić information content (AvgIpc) is 2.94. The highest BCUT2D eigenvalue weighted by molar-refractivity contribution is 8.00. The number of aliphatic imine (C=N–C) groups is 1. The summed E-state index contributed by atoms with van der Waals surface area (Å²) in [5.41, 5.74) is 0.403. The van der Waals surface area contributed by atoms with Gasteiger partial charge >= 0.3 is 0 Å². The second kappa shape index (κ2) is 7.33. The summed E-state index contributed by atoms with van der Waals surface area (Å²) in [4.78, 5) is 8.13. The first-order valence-corrected chi connectivity index (χ1v) is 7.50. The first kappa shape index (κ1) is 14.1. The number of pyridine rings is 1. The molecule has 1 aromatic heterocycles. The zero-order chi connectivity index (χ0) is 13.5. The lowest BCUT2D eigenvalue weighted by Gasteiger charge is -2.14. The zero-order valence-electron chi connectivity index (χ0n) is 11.0. The van der Waals surface area contributed by atoms with E-state index in [1.807, 2.05) is 11.8 Å². The fourth-order valence-electron chi connectivity index (χ4n) is 1.95. The summed E-state index contributed by atoms with van der Waals surface area (Å²) in [5, 5.41) is 7.00. The molecule has 1 fully saturated rings. The van der Waals surface area contributed by atoms with Crippen LogP contribution in [0.15, 0.2) is 23.3 Å². The highest BCUT2D eigenvalue weighted by Gasteiger charge is 2.15. The molecule has 0 radical (unpaired) electrons. The molecule has 1 aliphatic heterocycles. The van der Waals surface area contributed by atoms with Crippen LogP contribution in [0.5, 0.6) is 0 Å². The molecule has 0 aliphatic carbocycles. The maximum Gasteiger partial charge on any atom is 0.191 e. The van der Waals surface area contributed by atoms with E-state index in [2.05, 4.69) is 20.6 Å². The van der Waals surface area contributed by atoms with Crippen molar-refractivity contribution in [1.29, 1.82) is 0 Å². The summed E-state index contributed by atoms with van der Waals surface area (Å²) in [6.45, 7) is 1.24. The Balaban J connectivity index is 1.78. The summed E-state index contributed by atoms with van der Waals surface area (Å²) in [7, 11) is 1.71. The van der Waals surface area contributed by atoms with Crippen molar-refractivity contribution >= 4 is 17.7 Å². The number of nitrogens with one attached hydrogen (secondary N) is 2. The first-order chi connectivity index (χ1) is 9.29. The smallest absolute Gasteiger partial charge is 0.191 e. The molecule has 6 heteroatoms. The highest BCUT2D eigenvalue weighted by atomic mass is 32.2. The molecule has 0 amide bonds. The lowest BCUT2D eigenvalue weighted by Crippen LogP contribution is -2.40. The minimum atomic E-state index is -0.295. The zero-order valence-corrected chi connectivity index (χ0v) is 11.8. The molecular weight excluding hydrogens is 263 g/mol.